The zero-order chi connectivity index (χ0) is 15.7. The molecule has 0 saturated heterocycles. The van der Waals surface area contributed by atoms with Crippen LogP contribution < -0.4 is 4.74 Å². The van der Waals surface area contributed by atoms with Crippen LogP contribution in [0.2, 0.25) is 5.02 Å². The fraction of sp³-hybridized carbons (Fsp3) is 0.133. The van der Waals surface area contributed by atoms with Crippen molar-refractivity contribution >= 4 is 28.8 Å². The number of methoxy groups -OCH3 is 1. The Morgan fingerprint density at radius 1 is 1.23 bits per heavy atom. The number of aromatic nitrogens is 2. The molecule has 7 heteroatoms. The molecule has 0 aliphatic heterocycles. The van der Waals surface area contributed by atoms with E-state index in [2.05, 4.69) is 15.2 Å². The summed E-state index contributed by atoms with van der Waals surface area (Å²) in [5.41, 5.74) is 1.84. The Bertz CT molecular complexity index is 875. The van der Waals surface area contributed by atoms with Crippen LogP contribution in [0.15, 0.2) is 46.8 Å². The van der Waals surface area contributed by atoms with Crippen molar-refractivity contribution in [2.24, 2.45) is 10.2 Å². The van der Waals surface area contributed by atoms with Crippen LogP contribution in [0.25, 0.3) is 5.65 Å². The molecule has 2 aromatic heterocycles. The standard InChI is InChI=1S/C15H12ClFN4O/c1-9-15(21-8-10(17)3-6-14(21)18-9)20-19-11-4-5-13(22-2)12(16)7-11/h3-8H,1-2H3. The lowest BCUT2D eigenvalue weighted by Crippen LogP contribution is -1.85. The van der Waals surface area contributed by atoms with Gasteiger partial charge in [0.1, 0.15) is 17.2 Å². The summed E-state index contributed by atoms with van der Waals surface area (Å²) < 4.78 is 20.0. The van der Waals surface area contributed by atoms with E-state index in [1.807, 2.05) is 0 Å². The van der Waals surface area contributed by atoms with Crippen molar-refractivity contribution in [1.29, 1.82) is 0 Å². The molecule has 0 fully saturated rings. The lowest BCUT2D eigenvalue weighted by atomic mass is 10.3. The number of pyridine rings is 1. The van der Waals surface area contributed by atoms with Crippen molar-refractivity contribution in [3.63, 3.8) is 0 Å². The van der Waals surface area contributed by atoms with Gasteiger partial charge in [0, 0.05) is 6.20 Å². The highest BCUT2D eigenvalue weighted by Crippen LogP contribution is 2.30. The third-order valence-electron chi connectivity index (χ3n) is 3.12. The van der Waals surface area contributed by atoms with E-state index >= 15 is 0 Å². The molecule has 2 heterocycles. The van der Waals surface area contributed by atoms with Gasteiger partial charge in [0.2, 0.25) is 0 Å². The van der Waals surface area contributed by atoms with Gasteiger partial charge in [0.15, 0.2) is 5.82 Å². The molecule has 0 radical (unpaired) electrons. The molecule has 0 aliphatic carbocycles. The SMILES string of the molecule is COc1ccc(N=Nc2c(C)nc3ccc(F)cn23)cc1Cl. The minimum absolute atomic E-state index is 0.367. The number of azo groups is 1. The van der Waals surface area contributed by atoms with Crippen molar-refractivity contribution in [2.75, 3.05) is 7.11 Å². The predicted molar refractivity (Wildman–Crippen MR) is 82.1 cm³/mol. The minimum atomic E-state index is -0.367. The molecule has 112 valence electrons. The highest BCUT2D eigenvalue weighted by molar-refractivity contribution is 6.32. The van der Waals surface area contributed by atoms with Crippen molar-refractivity contribution in [1.82, 2.24) is 9.38 Å². The molecule has 22 heavy (non-hydrogen) atoms. The van der Waals surface area contributed by atoms with E-state index in [-0.39, 0.29) is 5.82 Å². The molecule has 1 aromatic carbocycles. The van der Waals surface area contributed by atoms with Gasteiger partial charge in [-0.25, -0.2) is 9.37 Å². The smallest absolute Gasteiger partial charge is 0.182 e. The lowest BCUT2D eigenvalue weighted by molar-refractivity contribution is 0.415. The van der Waals surface area contributed by atoms with Crippen LogP contribution in [-0.4, -0.2) is 16.5 Å². The van der Waals surface area contributed by atoms with E-state index in [0.29, 0.717) is 33.6 Å². The normalized spacial score (nSPS) is 11.5. The van der Waals surface area contributed by atoms with Crippen LogP contribution in [0.5, 0.6) is 5.75 Å². The van der Waals surface area contributed by atoms with Crippen molar-refractivity contribution < 1.29 is 9.13 Å². The number of fused-ring (bicyclic) bond motifs is 1. The summed E-state index contributed by atoms with van der Waals surface area (Å²) in [6.07, 6.45) is 1.32. The number of aryl methyl sites for hydroxylation is 1. The van der Waals surface area contributed by atoms with E-state index in [4.69, 9.17) is 16.3 Å². The Hall–Kier alpha value is -2.47. The van der Waals surface area contributed by atoms with Gasteiger partial charge in [-0.2, -0.15) is 0 Å². The molecule has 0 aliphatic rings. The number of imidazole rings is 1. The van der Waals surface area contributed by atoms with Crippen LogP contribution in [0.1, 0.15) is 5.69 Å². The van der Waals surface area contributed by atoms with E-state index < -0.39 is 0 Å². The summed E-state index contributed by atoms with van der Waals surface area (Å²) in [6.45, 7) is 1.79. The van der Waals surface area contributed by atoms with Gasteiger partial charge in [0.05, 0.1) is 23.5 Å². The second-order valence-corrected chi connectivity index (χ2v) is 5.02. The monoisotopic (exact) mass is 318 g/mol. The first-order valence-electron chi connectivity index (χ1n) is 6.48. The molecular weight excluding hydrogens is 307 g/mol. The van der Waals surface area contributed by atoms with Gasteiger partial charge >= 0.3 is 0 Å². The number of nitrogens with zero attached hydrogens (tertiary/aromatic N) is 4. The van der Waals surface area contributed by atoms with E-state index in [1.165, 1.54) is 12.3 Å². The number of ether oxygens (including phenoxy) is 1. The largest absolute Gasteiger partial charge is 0.495 e. The number of hydrogen-bond acceptors (Lipinski definition) is 4. The molecule has 0 spiro atoms. The van der Waals surface area contributed by atoms with Crippen molar-refractivity contribution in [2.45, 2.75) is 6.92 Å². The quantitative estimate of drug-likeness (QED) is 0.647. The Morgan fingerprint density at radius 2 is 2.05 bits per heavy atom. The number of benzene rings is 1. The van der Waals surface area contributed by atoms with Crippen LogP contribution >= 0.6 is 11.6 Å². The third-order valence-corrected chi connectivity index (χ3v) is 3.42. The fourth-order valence-corrected chi connectivity index (χ4v) is 2.32. The zero-order valence-electron chi connectivity index (χ0n) is 11.9. The molecule has 0 N–H and O–H groups in total. The van der Waals surface area contributed by atoms with Gasteiger partial charge < -0.3 is 4.74 Å². The summed E-state index contributed by atoms with van der Waals surface area (Å²) in [5, 5.41) is 8.73. The molecule has 0 unspecified atom stereocenters. The second-order valence-electron chi connectivity index (χ2n) is 4.62. The first kappa shape index (κ1) is 14.5. The van der Waals surface area contributed by atoms with Gasteiger partial charge in [0.25, 0.3) is 0 Å². The maximum atomic E-state index is 13.4. The number of halogens is 2. The summed E-state index contributed by atoms with van der Waals surface area (Å²) >= 11 is 6.04. The predicted octanol–water partition coefficient (Wildman–Crippen LogP) is 4.86. The van der Waals surface area contributed by atoms with Gasteiger partial charge in [-0.15, -0.1) is 10.2 Å². The van der Waals surface area contributed by atoms with Crippen molar-refractivity contribution in [3.8, 4) is 5.75 Å². The van der Waals surface area contributed by atoms with Crippen molar-refractivity contribution in [3.05, 3.63) is 53.1 Å². The average molecular weight is 319 g/mol. The van der Waals surface area contributed by atoms with E-state index in [9.17, 15) is 4.39 Å². The summed E-state index contributed by atoms with van der Waals surface area (Å²) in [5.74, 6) is 0.670. The second kappa shape index (κ2) is 5.73. The fourth-order valence-electron chi connectivity index (χ4n) is 2.07. The van der Waals surface area contributed by atoms with Crippen LogP contribution in [0, 0.1) is 12.7 Å². The van der Waals surface area contributed by atoms with Crippen LogP contribution in [0.3, 0.4) is 0 Å². The molecule has 0 amide bonds. The molecule has 0 bridgehead atoms. The molecule has 3 rings (SSSR count). The average Bonchev–Trinajstić information content (AvgIpc) is 2.80. The molecule has 5 nitrogen and oxygen atoms in total. The molecular formula is C15H12ClFN4O. The van der Waals surface area contributed by atoms with Crippen LogP contribution in [-0.2, 0) is 0 Å². The Morgan fingerprint density at radius 3 is 2.77 bits per heavy atom. The highest BCUT2D eigenvalue weighted by atomic mass is 35.5. The molecule has 0 saturated carbocycles. The first-order chi connectivity index (χ1) is 10.6. The molecule has 0 atom stereocenters. The Balaban J connectivity index is 2.00. The Labute approximate surface area is 131 Å². The highest BCUT2D eigenvalue weighted by Gasteiger charge is 2.09. The van der Waals surface area contributed by atoms with Crippen LogP contribution in [0.4, 0.5) is 15.9 Å². The van der Waals surface area contributed by atoms with E-state index in [0.717, 1.165) is 0 Å². The maximum Gasteiger partial charge on any atom is 0.182 e. The maximum absolute atomic E-state index is 13.4. The van der Waals surface area contributed by atoms with Gasteiger partial charge in [-0.1, -0.05) is 11.6 Å². The zero-order valence-corrected chi connectivity index (χ0v) is 12.7. The topological polar surface area (TPSA) is 51.2 Å². The molecule has 3 aromatic rings. The third kappa shape index (κ3) is 2.65. The Kier molecular flexibility index (Phi) is 3.77. The number of hydrogen-bond donors (Lipinski definition) is 0. The summed E-state index contributed by atoms with van der Waals surface area (Å²) in [4.78, 5) is 4.31. The summed E-state index contributed by atoms with van der Waals surface area (Å²) in [7, 11) is 1.54. The van der Waals surface area contributed by atoms with E-state index in [1.54, 1.807) is 42.7 Å². The lowest BCUT2D eigenvalue weighted by Gasteiger charge is -2.02. The first-order valence-corrected chi connectivity index (χ1v) is 6.86. The number of rotatable bonds is 3. The van der Waals surface area contributed by atoms with Gasteiger partial charge in [-0.3, -0.25) is 4.40 Å². The minimum Gasteiger partial charge on any atom is -0.495 e. The summed E-state index contributed by atoms with van der Waals surface area (Å²) in [6, 6.07) is 8.02. The van der Waals surface area contributed by atoms with Gasteiger partial charge in [-0.05, 0) is 37.3 Å².